The molecule has 0 saturated carbocycles. The first-order chi connectivity index (χ1) is 14.0. The molecule has 0 aliphatic heterocycles. The van der Waals surface area contributed by atoms with Gasteiger partial charge in [-0.15, -0.1) is 0 Å². The maximum atomic E-state index is 8.32. The fourth-order valence-electron chi connectivity index (χ4n) is 3.43. The highest BCUT2D eigenvalue weighted by Gasteiger charge is 2.20. The monoisotopic (exact) mass is 381 g/mol. The highest BCUT2D eigenvalue weighted by molar-refractivity contribution is 6.09. The minimum absolute atomic E-state index is 0.196. The van der Waals surface area contributed by atoms with Crippen LogP contribution in [0.1, 0.15) is 36.0 Å². The van der Waals surface area contributed by atoms with Crippen LogP contribution >= 0.6 is 0 Å². The Hall–Kier alpha value is -3.19. The molecule has 148 valence electrons. The predicted molar refractivity (Wildman–Crippen MR) is 128 cm³/mol. The first-order valence-electron chi connectivity index (χ1n) is 9.98. The van der Waals surface area contributed by atoms with Crippen LogP contribution in [-0.4, -0.2) is 5.71 Å². The van der Waals surface area contributed by atoms with Gasteiger partial charge in [0.15, 0.2) is 0 Å². The van der Waals surface area contributed by atoms with Crippen LogP contribution in [0.2, 0.25) is 0 Å². The van der Waals surface area contributed by atoms with Gasteiger partial charge >= 0.3 is 0 Å². The lowest BCUT2D eigenvalue weighted by atomic mass is 9.82. The summed E-state index contributed by atoms with van der Waals surface area (Å²) in [5.74, 6) is 0.196. The van der Waals surface area contributed by atoms with Crippen molar-refractivity contribution in [2.45, 2.75) is 33.1 Å². The molecule has 0 saturated heterocycles. The Labute approximate surface area is 176 Å². The zero-order valence-corrected chi connectivity index (χ0v) is 17.8. The van der Waals surface area contributed by atoms with E-state index in [1.807, 2.05) is 36.4 Å². The Kier molecular flexibility index (Phi) is 8.36. The highest BCUT2D eigenvalue weighted by atomic mass is 14.4. The zero-order chi connectivity index (χ0) is 21.2. The lowest BCUT2D eigenvalue weighted by Gasteiger charge is -2.22. The molecule has 0 fully saturated rings. The van der Waals surface area contributed by atoms with Gasteiger partial charge in [-0.2, -0.15) is 0 Å². The normalized spacial score (nSPS) is 22.0. The summed E-state index contributed by atoms with van der Waals surface area (Å²) >= 11 is 0. The van der Waals surface area contributed by atoms with Crippen molar-refractivity contribution in [1.29, 1.82) is 5.41 Å². The fourth-order valence-corrected chi connectivity index (χ4v) is 3.43. The molecule has 0 aromatic heterocycles. The van der Waals surface area contributed by atoms with Gasteiger partial charge in [0.05, 0.1) is 5.71 Å². The molecule has 1 N–H and O–H groups in total. The van der Waals surface area contributed by atoms with Crippen molar-refractivity contribution in [3.63, 3.8) is 0 Å². The van der Waals surface area contributed by atoms with Crippen molar-refractivity contribution in [1.82, 2.24) is 0 Å². The molecule has 2 aromatic carbocycles. The summed E-state index contributed by atoms with van der Waals surface area (Å²) < 4.78 is 0. The van der Waals surface area contributed by atoms with Crippen molar-refractivity contribution in [2.75, 3.05) is 0 Å². The van der Waals surface area contributed by atoms with Crippen LogP contribution < -0.4 is 0 Å². The van der Waals surface area contributed by atoms with Crippen LogP contribution in [0, 0.1) is 19.3 Å². The molecule has 0 heterocycles. The summed E-state index contributed by atoms with van der Waals surface area (Å²) in [5.41, 5.74) is 7.47. The van der Waals surface area contributed by atoms with E-state index in [2.05, 4.69) is 76.4 Å². The average molecular weight is 382 g/mol. The number of allylic oxidation sites excluding steroid dienone is 8. The van der Waals surface area contributed by atoms with Crippen LogP contribution in [0.15, 0.2) is 115 Å². The molecule has 1 nitrogen and oxygen atoms in total. The number of hydrogen-bond donors (Lipinski definition) is 1. The van der Waals surface area contributed by atoms with Gasteiger partial charge < -0.3 is 5.41 Å². The van der Waals surface area contributed by atoms with E-state index < -0.39 is 0 Å². The quantitative estimate of drug-likeness (QED) is 0.564. The van der Waals surface area contributed by atoms with E-state index in [-0.39, 0.29) is 5.92 Å². The third kappa shape index (κ3) is 6.15. The van der Waals surface area contributed by atoms with E-state index in [4.69, 9.17) is 5.41 Å². The molecule has 0 bridgehead atoms. The molecule has 0 amide bonds. The van der Waals surface area contributed by atoms with E-state index in [1.165, 1.54) is 22.3 Å². The van der Waals surface area contributed by atoms with Crippen molar-refractivity contribution >= 4 is 5.71 Å². The maximum absolute atomic E-state index is 8.32. The molecule has 3 rings (SSSR count). The van der Waals surface area contributed by atoms with Crippen LogP contribution in [0.4, 0.5) is 0 Å². The van der Waals surface area contributed by atoms with Crippen molar-refractivity contribution in [3.05, 3.63) is 132 Å². The van der Waals surface area contributed by atoms with Crippen molar-refractivity contribution in [3.8, 4) is 0 Å². The van der Waals surface area contributed by atoms with Crippen LogP contribution in [0.25, 0.3) is 0 Å². The summed E-state index contributed by atoms with van der Waals surface area (Å²) in [7, 11) is 0. The Morgan fingerprint density at radius 1 is 0.862 bits per heavy atom. The number of aryl methyl sites for hydroxylation is 2. The van der Waals surface area contributed by atoms with E-state index >= 15 is 0 Å². The molecule has 1 atom stereocenters. The van der Waals surface area contributed by atoms with E-state index in [0.29, 0.717) is 5.71 Å². The average Bonchev–Trinajstić information content (AvgIpc) is 2.78. The fraction of sp³-hybridized carbons (Fsp3) is 0.179. The van der Waals surface area contributed by atoms with Gasteiger partial charge in [-0.25, -0.2) is 0 Å². The zero-order valence-electron chi connectivity index (χ0n) is 17.8. The molecule has 1 aliphatic rings. The third-order valence-corrected chi connectivity index (χ3v) is 5.09. The van der Waals surface area contributed by atoms with Crippen LogP contribution in [-0.2, 0) is 0 Å². The minimum Gasteiger partial charge on any atom is -0.300 e. The van der Waals surface area contributed by atoms with E-state index in [0.717, 1.165) is 17.6 Å². The Balaban J connectivity index is 0.000000360. The third-order valence-electron chi connectivity index (χ3n) is 5.09. The van der Waals surface area contributed by atoms with E-state index in [1.54, 1.807) is 6.08 Å². The van der Waals surface area contributed by atoms with Gasteiger partial charge in [0, 0.05) is 11.5 Å². The second kappa shape index (κ2) is 11.0. The molecule has 1 unspecified atom stereocenters. The van der Waals surface area contributed by atoms with Crippen LogP contribution in [0.5, 0.6) is 0 Å². The van der Waals surface area contributed by atoms with Gasteiger partial charge in [0.25, 0.3) is 0 Å². The lowest BCUT2D eigenvalue weighted by molar-refractivity contribution is 0.815. The molecule has 1 aliphatic carbocycles. The van der Waals surface area contributed by atoms with Gasteiger partial charge in [0.1, 0.15) is 0 Å². The van der Waals surface area contributed by atoms with Crippen molar-refractivity contribution in [2.24, 2.45) is 0 Å². The number of benzene rings is 2. The standard InChI is InChI=1S/C21H23N.C7H8/c1-5-17-18(6-2)21(22)14-12-15(3)11-13-20(17)19-10-8-7-9-16(19)4;1-7-5-3-2-4-6-7/h5-12,14,20,22H,1-2,13H2,3-4H3;2-6H,1H3/b14-12-,15-11-,18-17-,22-21?;. The molecular weight excluding hydrogens is 350 g/mol. The minimum atomic E-state index is 0.196. The molecule has 1 heteroatoms. The Morgan fingerprint density at radius 2 is 1.52 bits per heavy atom. The summed E-state index contributed by atoms with van der Waals surface area (Å²) in [5, 5.41) is 8.32. The number of hydrogen-bond acceptors (Lipinski definition) is 1. The Morgan fingerprint density at radius 3 is 2.07 bits per heavy atom. The molecule has 0 spiro atoms. The second-order valence-electron chi connectivity index (χ2n) is 7.27. The lowest BCUT2D eigenvalue weighted by Crippen LogP contribution is -2.08. The second-order valence-corrected chi connectivity index (χ2v) is 7.27. The molecule has 29 heavy (non-hydrogen) atoms. The molecule has 2 aromatic rings. The van der Waals surface area contributed by atoms with Crippen LogP contribution in [0.3, 0.4) is 0 Å². The largest absolute Gasteiger partial charge is 0.300 e. The summed E-state index contributed by atoms with van der Waals surface area (Å²) in [6.45, 7) is 14.2. The summed E-state index contributed by atoms with van der Waals surface area (Å²) in [4.78, 5) is 0. The van der Waals surface area contributed by atoms with Gasteiger partial charge in [0.2, 0.25) is 0 Å². The molecule has 0 radical (unpaired) electrons. The summed E-state index contributed by atoms with van der Waals surface area (Å²) in [6, 6.07) is 18.7. The highest BCUT2D eigenvalue weighted by Crippen LogP contribution is 2.35. The van der Waals surface area contributed by atoms with Crippen molar-refractivity contribution < 1.29 is 0 Å². The smallest absolute Gasteiger partial charge is 0.0615 e. The van der Waals surface area contributed by atoms with Gasteiger partial charge in [-0.05, 0) is 50.0 Å². The summed E-state index contributed by atoms with van der Waals surface area (Å²) in [6.07, 6.45) is 10.6. The maximum Gasteiger partial charge on any atom is 0.0615 e. The first-order valence-corrected chi connectivity index (χ1v) is 9.98. The number of rotatable bonds is 3. The van der Waals surface area contributed by atoms with E-state index in [9.17, 15) is 0 Å². The first kappa shape index (κ1) is 22.1. The number of nitrogens with one attached hydrogen (secondary N) is 1. The molecular formula is C28H31N. The van der Waals surface area contributed by atoms with Gasteiger partial charge in [-0.3, -0.25) is 0 Å². The van der Waals surface area contributed by atoms with Gasteiger partial charge in [-0.1, -0.05) is 103 Å². The Bertz CT molecular complexity index is 955. The predicted octanol–water partition coefficient (Wildman–Crippen LogP) is 7.67. The topological polar surface area (TPSA) is 23.9 Å². The SMILES string of the molecule is C=C/C1=C(\C=C)C(c2ccccc2C)C/C=C(C)\C=C/C1=N.Cc1ccccc1.